The Morgan fingerprint density at radius 1 is 1.09 bits per heavy atom. The van der Waals surface area contributed by atoms with E-state index in [0.717, 1.165) is 50.6 Å². The van der Waals surface area contributed by atoms with E-state index in [-0.39, 0.29) is 31.1 Å². The number of carbonyl (C=O) groups is 3. The SMILES string of the molecule is CCCCN(CCCCN(C)C)C(=O)CN1C[C@H](c2cc(OC)c3c(c2)OCO3)[C@H](C(=O)O)[C@H]1CCN1CCCCC1=O. The van der Waals surface area contributed by atoms with Gasteiger partial charge in [-0.3, -0.25) is 19.3 Å². The minimum absolute atomic E-state index is 0.0328. The molecule has 2 fully saturated rings. The van der Waals surface area contributed by atoms with E-state index in [1.807, 2.05) is 21.9 Å². The van der Waals surface area contributed by atoms with Crippen LogP contribution in [0.5, 0.6) is 17.2 Å². The Hall–Kier alpha value is -3.05. The normalized spacial score (nSPS) is 21.9. The number of aliphatic carboxylic acids is 1. The first-order valence-electron chi connectivity index (χ1n) is 15.9. The van der Waals surface area contributed by atoms with Crippen LogP contribution in [0, 0.1) is 5.92 Å². The third kappa shape index (κ3) is 8.32. The number of carbonyl (C=O) groups excluding carboxylic acids is 2. The highest BCUT2D eigenvalue weighted by Crippen LogP contribution is 2.47. The standard InChI is InChI=1S/C32H50N4O7/c1-5-6-14-34(16-10-9-13-33(2)3)29(38)21-36-20-24(23-18-26(41-4)31-27(19-23)42-22-43-31)30(32(39)40)25(36)12-17-35-15-8-7-11-28(35)37/h18-19,24-25,30H,5-17,20-22H2,1-4H3,(H,39,40)/t24-,25-,30+/m1/s1. The maximum atomic E-state index is 13.8. The number of amides is 2. The molecule has 1 aromatic carbocycles. The lowest BCUT2D eigenvalue weighted by molar-refractivity contribution is -0.144. The molecule has 3 heterocycles. The molecule has 3 atom stereocenters. The number of rotatable bonds is 16. The minimum atomic E-state index is -0.905. The summed E-state index contributed by atoms with van der Waals surface area (Å²) in [4.78, 5) is 47.4. The van der Waals surface area contributed by atoms with Crippen LogP contribution in [0.3, 0.4) is 0 Å². The molecule has 0 aliphatic carbocycles. The first kappa shape index (κ1) is 32.9. The molecule has 0 saturated carbocycles. The number of fused-ring (bicyclic) bond motifs is 1. The van der Waals surface area contributed by atoms with Gasteiger partial charge in [0.05, 0.1) is 19.6 Å². The zero-order valence-corrected chi connectivity index (χ0v) is 26.4. The Morgan fingerprint density at radius 3 is 2.56 bits per heavy atom. The monoisotopic (exact) mass is 602 g/mol. The molecular formula is C32H50N4O7. The summed E-state index contributed by atoms with van der Waals surface area (Å²) in [5.41, 5.74) is 0.786. The van der Waals surface area contributed by atoms with Crippen LogP contribution in [-0.4, -0.2) is 122 Å². The third-order valence-electron chi connectivity index (χ3n) is 9.01. The summed E-state index contributed by atoms with van der Waals surface area (Å²) in [6, 6.07) is 3.28. The van der Waals surface area contributed by atoms with Gasteiger partial charge in [-0.1, -0.05) is 13.3 Å². The van der Waals surface area contributed by atoms with E-state index in [9.17, 15) is 19.5 Å². The second kappa shape index (κ2) is 15.6. The van der Waals surface area contributed by atoms with E-state index in [4.69, 9.17) is 14.2 Å². The fourth-order valence-electron chi connectivity index (χ4n) is 6.66. The van der Waals surface area contributed by atoms with Gasteiger partial charge in [0, 0.05) is 51.1 Å². The molecule has 0 bridgehead atoms. The van der Waals surface area contributed by atoms with E-state index in [1.54, 1.807) is 7.11 Å². The second-order valence-corrected chi connectivity index (χ2v) is 12.3. The third-order valence-corrected chi connectivity index (χ3v) is 9.01. The van der Waals surface area contributed by atoms with Crippen molar-refractivity contribution in [1.29, 1.82) is 0 Å². The lowest BCUT2D eigenvalue weighted by Crippen LogP contribution is -2.46. The van der Waals surface area contributed by atoms with Crippen LogP contribution in [0.2, 0.25) is 0 Å². The molecule has 11 nitrogen and oxygen atoms in total. The Bertz CT molecular complexity index is 1110. The van der Waals surface area contributed by atoms with Crippen molar-refractivity contribution in [3.63, 3.8) is 0 Å². The van der Waals surface area contributed by atoms with Crippen molar-refractivity contribution in [3.05, 3.63) is 17.7 Å². The van der Waals surface area contributed by atoms with Gasteiger partial charge >= 0.3 is 5.97 Å². The number of unbranched alkanes of at least 4 members (excludes halogenated alkanes) is 2. The second-order valence-electron chi connectivity index (χ2n) is 12.3. The fourth-order valence-corrected chi connectivity index (χ4v) is 6.66. The van der Waals surface area contributed by atoms with Crippen molar-refractivity contribution in [1.82, 2.24) is 19.6 Å². The van der Waals surface area contributed by atoms with Crippen molar-refractivity contribution < 1.29 is 33.7 Å². The molecule has 0 aromatic heterocycles. The van der Waals surface area contributed by atoms with Crippen LogP contribution >= 0.6 is 0 Å². The van der Waals surface area contributed by atoms with Crippen LogP contribution in [0.25, 0.3) is 0 Å². The first-order valence-corrected chi connectivity index (χ1v) is 15.9. The number of hydrogen-bond acceptors (Lipinski definition) is 8. The molecule has 3 aliphatic heterocycles. The predicted octanol–water partition coefficient (Wildman–Crippen LogP) is 3.27. The molecule has 240 valence electrons. The summed E-state index contributed by atoms with van der Waals surface area (Å²) in [5.74, 6) is -0.344. The van der Waals surface area contributed by atoms with E-state index >= 15 is 0 Å². The van der Waals surface area contributed by atoms with Gasteiger partial charge in [-0.05, 0) is 76.9 Å². The Morgan fingerprint density at radius 2 is 1.86 bits per heavy atom. The van der Waals surface area contributed by atoms with Crippen molar-refractivity contribution in [2.75, 3.05) is 73.8 Å². The summed E-state index contributed by atoms with van der Waals surface area (Å²) in [6.07, 6.45) is 6.74. The smallest absolute Gasteiger partial charge is 0.308 e. The van der Waals surface area contributed by atoms with Gasteiger partial charge < -0.3 is 34.0 Å². The lowest BCUT2D eigenvalue weighted by atomic mass is 9.84. The zero-order valence-electron chi connectivity index (χ0n) is 26.4. The summed E-state index contributed by atoms with van der Waals surface area (Å²) >= 11 is 0. The molecule has 4 rings (SSSR count). The number of methoxy groups -OCH3 is 1. The van der Waals surface area contributed by atoms with Gasteiger partial charge in [0.15, 0.2) is 11.5 Å². The largest absolute Gasteiger partial charge is 0.493 e. The van der Waals surface area contributed by atoms with Crippen molar-refractivity contribution in [3.8, 4) is 17.2 Å². The molecular weight excluding hydrogens is 552 g/mol. The number of ether oxygens (including phenoxy) is 3. The molecule has 0 unspecified atom stereocenters. The van der Waals surface area contributed by atoms with Gasteiger partial charge in [-0.2, -0.15) is 0 Å². The number of piperidine rings is 1. The number of carboxylic acids is 1. The van der Waals surface area contributed by atoms with Crippen molar-refractivity contribution in [2.24, 2.45) is 5.92 Å². The average molecular weight is 603 g/mol. The van der Waals surface area contributed by atoms with Crippen LogP contribution in [-0.2, 0) is 14.4 Å². The molecule has 3 aliphatic rings. The fraction of sp³-hybridized carbons (Fsp3) is 0.719. The molecule has 0 radical (unpaired) electrons. The van der Waals surface area contributed by atoms with Crippen LogP contribution in [0.1, 0.15) is 69.8 Å². The Kier molecular flexibility index (Phi) is 11.9. The molecule has 11 heteroatoms. The highest BCUT2D eigenvalue weighted by molar-refractivity contribution is 5.79. The zero-order chi connectivity index (χ0) is 30.9. The van der Waals surface area contributed by atoms with Gasteiger partial charge in [-0.15, -0.1) is 0 Å². The van der Waals surface area contributed by atoms with E-state index in [1.165, 1.54) is 0 Å². The summed E-state index contributed by atoms with van der Waals surface area (Å²) < 4.78 is 16.8. The highest BCUT2D eigenvalue weighted by atomic mass is 16.7. The minimum Gasteiger partial charge on any atom is -0.493 e. The average Bonchev–Trinajstić information content (AvgIpc) is 3.60. The van der Waals surface area contributed by atoms with Gasteiger partial charge in [0.25, 0.3) is 0 Å². The van der Waals surface area contributed by atoms with Crippen LogP contribution in [0.15, 0.2) is 12.1 Å². The summed E-state index contributed by atoms with van der Waals surface area (Å²) in [6.45, 7) is 6.31. The van der Waals surface area contributed by atoms with Gasteiger partial charge in [-0.25, -0.2) is 0 Å². The number of likely N-dealkylation sites (tertiary alicyclic amines) is 2. The molecule has 0 spiro atoms. The molecule has 2 saturated heterocycles. The quantitative estimate of drug-likeness (QED) is 0.285. The molecule has 43 heavy (non-hydrogen) atoms. The molecule has 2 amide bonds. The summed E-state index contributed by atoms with van der Waals surface area (Å²) in [5, 5.41) is 10.6. The highest BCUT2D eigenvalue weighted by Gasteiger charge is 2.48. The van der Waals surface area contributed by atoms with Crippen molar-refractivity contribution in [2.45, 2.75) is 70.3 Å². The van der Waals surface area contributed by atoms with Crippen molar-refractivity contribution >= 4 is 17.8 Å². The first-order chi connectivity index (χ1) is 20.7. The Balaban J connectivity index is 1.58. The summed E-state index contributed by atoms with van der Waals surface area (Å²) in [7, 11) is 5.66. The van der Waals surface area contributed by atoms with Gasteiger partial charge in [0.2, 0.25) is 24.4 Å². The number of carboxylic acid groups (broad SMARTS) is 1. The maximum Gasteiger partial charge on any atom is 0.308 e. The molecule has 1 N–H and O–H groups in total. The predicted molar refractivity (Wildman–Crippen MR) is 163 cm³/mol. The maximum absolute atomic E-state index is 13.8. The van der Waals surface area contributed by atoms with E-state index in [2.05, 4.69) is 30.8 Å². The van der Waals surface area contributed by atoms with Crippen LogP contribution < -0.4 is 14.2 Å². The van der Waals surface area contributed by atoms with E-state index in [0.29, 0.717) is 62.8 Å². The number of hydrogen-bond donors (Lipinski definition) is 1. The van der Waals surface area contributed by atoms with Gasteiger partial charge in [0.1, 0.15) is 0 Å². The lowest BCUT2D eigenvalue weighted by Gasteiger charge is -2.32. The van der Waals surface area contributed by atoms with E-state index < -0.39 is 17.9 Å². The number of benzene rings is 1. The number of nitrogens with zero attached hydrogens (tertiary/aromatic N) is 4. The topological polar surface area (TPSA) is 112 Å². The van der Waals surface area contributed by atoms with Crippen LogP contribution in [0.4, 0.5) is 0 Å². The molecule has 1 aromatic rings. The Labute approximate surface area is 256 Å².